The van der Waals surface area contributed by atoms with Crippen molar-refractivity contribution in [3.8, 4) is 0 Å². The predicted octanol–water partition coefficient (Wildman–Crippen LogP) is 2.86. The number of piperidine rings is 1. The molecule has 3 nitrogen and oxygen atoms in total. The van der Waals surface area contributed by atoms with Crippen LogP contribution in [0.2, 0.25) is 0 Å². The molecule has 0 N–H and O–H groups in total. The molecule has 0 bridgehead atoms. The standard InChI is InChI=1S/C16H32N2O/c1-13(2)10-16(19)17(5)12-15-6-8-18(9-7-15)11-14(3)4/h13-15H,6-12H2,1-5H3. The maximum absolute atomic E-state index is 12.0. The second-order valence-electron chi connectivity index (χ2n) is 7.01. The molecule has 1 aliphatic rings. The largest absolute Gasteiger partial charge is 0.345 e. The van der Waals surface area contributed by atoms with Gasteiger partial charge in [0, 0.05) is 26.6 Å². The van der Waals surface area contributed by atoms with Crippen LogP contribution in [-0.2, 0) is 4.79 Å². The Morgan fingerprint density at radius 2 is 1.74 bits per heavy atom. The first-order valence-electron chi connectivity index (χ1n) is 7.84. The molecule has 0 saturated carbocycles. The lowest BCUT2D eigenvalue weighted by Gasteiger charge is -2.34. The van der Waals surface area contributed by atoms with Crippen LogP contribution in [0.1, 0.15) is 47.0 Å². The van der Waals surface area contributed by atoms with Crippen molar-refractivity contribution < 1.29 is 4.79 Å². The molecular weight excluding hydrogens is 236 g/mol. The average Bonchev–Trinajstić information content (AvgIpc) is 2.30. The van der Waals surface area contributed by atoms with Crippen molar-refractivity contribution >= 4 is 5.91 Å². The van der Waals surface area contributed by atoms with Crippen molar-refractivity contribution in [1.29, 1.82) is 0 Å². The number of likely N-dealkylation sites (tertiary alicyclic amines) is 1. The number of rotatable bonds is 6. The molecule has 19 heavy (non-hydrogen) atoms. The normalized spacial score (nSPS) is 18.3. The van der Waals surface area contributed by atoms with Crippen molar-refractivity contribution in [3.63, 3.8) is 0 Å². The van der Waals surface area contributed by atoms with E-state index < -0.39 is 0 Å². The van der Waals surface area contributed by atoms with E-state index in [4.69, 9.17) is 0 Å². The summed E-state index contributed by atoms with van der Waals surface area (Å²) in [6.45, 7) is 13.3. The lowest BCUT2D eigenvalue weighted by atomic mass is 9.95. The van der Waals surface area contributed by atoms with Gasteiger partial charge in [0.25, 0.3) is 0 Å². The van der Waals surface area contributed by atoms with E-state index in [0.717, 1.165) is 12.5 Å². The second kappa shape index (κ2) is 7.88. The first kappa shape index (κ1) is 16.5. The smallest absolute Gasteiger partial charge is 0.222 e. The SMILES string of the molecule is CC(C)CC(=O)N(C)CC1CCN(CC(C)C)CC1. The van der Waals surface area contributed by atoms with Crippen LogP contribution in [0.4, 0.5) is 0 Å². The van der Waals surface area contributed by atoms with Gasteiger partial charge in [-0.1, -0.05) is 27.7 Å². The molecule has 112 valence electrons. The summed E-state index contributed by atoms with van der Waals surface area (Å²) in [7, 11) is 1.96. The minimum absolute atomic E-state index is 0.305. The number of hydrogen-bond acceptors (Lipinski definition) is 2. The van der Waals surface area contributed by atoms with E-state index in [0.29, 0.717) is 24.2 Å². The van der Waals surface area contributed by atoms with Crippen LogP contribution < -0.4 is 0 Å². The number of hydrogen-bond donors (Lipinski definition) is 0. The van der Waals surface area contributed by atoms with Crippen LogP contribution in [0, 0.1) is 17.8 Å². The molecule has 1 heterocycles. The highest BCUT2D eigenvalue weighted by molar-refractivity contribution is 5.76. The van der Waals surface area contributed by atoms with Gasteiger partial charge < -0.3 is 9.80 Å². The summed E-state index contributed by atoms with van der Waals surface area (Å²) in [5.74, 6) is 2.22. The van der Waals surface area contributed by atoms with E-state index in [1.54, 1.807) is 0 Å². The molecule has 0 aromatic carbocycles. The molecule has 1 saturated heterocycles. The summed E-state index contributed by atoms with van der Waals surface area (Å²) in [5.41, 5.74) is 0. The van der Waals surface area contributed by atoms with E-state index in [9.17, 15) is 4.79 Å². The first-order chi connectivity index (χ1) is 8.88. The summed E-state index contributed by atoms with van der Waals surface area (Å²) in [4.78, 5) is 16.5. The topological polar surface area (TPSA) is 23.6 Å². The molecule has 0 unspecified atom stereocenters. The summed E-state index contributed by atoms with van der Waals surface area (Å²) in [5, 5.41) is 0. The predicted molar refractivity (Wildman–Crippen MR) is 81.1 cm³/mol. The molecule has 0 aromatic rings. The molecule has 3 heteroatoms. The first-order valence-corrected chi connectivity index (χ1v) is 7.84. The van der Waals surface area contributed by atoms with Crippen LogP contribution in [0.3, 0.4) is 0 Å². The highest BCUT2D eigenvalue weighted by Crippen LogP contribution is 2.19. The van der Waals surface area contributed by atoms with Gasteiger partial charge in [-0.15, -0.1) is 0 Å². The van der Waals surface area contributed by atoms with E-state index in [-0.39, 0.29) is 0 Å². The highest BCUT2D eigenvalue weighted by Gasteiger charge is 2.22. The molecule has 0 radical (unpaired) electrons. The Hall–Kier alpha value is -0.570. The minimum atomic E-state index is 0.305. The van der Waals surface area contributed by atoms with Gasteiger partial charge in [0.2, 0.25) is 5.91 Å². The molecule has 1 aliphatic heterocycles. The summed E-state index contributed by atoms with van der Waals surface area (Å²) >= 11 is 0. The zero-order chi connectivity index (χ0) is 14.4. The lowest BCUT2D eigenvalue weighted by molar-refractivity contribution is -0.131. The summed E-state index contributed by atoms with van der Waals surface area (Å²) in [6, 6.07) is 0. The Kier molecular flexibility index (Phi) is 6.84. The van der Waals surface area contributed by atoms with E-state index in [2.05, 4.69) is 32.6 Å². The van der Waals surface area contributed by atoms with Crippen LogP contribution in [-0.4, -0.2) is 48.9 Å². The maximum Gasteiger partial charge on any atom is 0.222 e. The Bertz CT molecular complexity index is 268. The molecule has 0 atom stereocenters. The molecule has 1 fully saturated rings. The van der Waals surface area contributed by atoms with Crippen LogP contribution in [0.5, 0.6) is 0 Å². The zero-order valence-corrected chi connectivity index (χ0v) is 13.5. The van der Waals surface area contributed by atoms with Gasteiger partial charge in [0.15, 0.2) is 0 Å². The van der Waals surface area contributed by atoms with E-state index in [1.807, 2.05) is 11.9 Å². The number of carbonyl (C=O) groups is 1. The minimum Gasteiger partial charge on any atom is -0.345 e. The van der Waals surface area contributed by atoms with Gasteiger partial charge in [0.05, 0.1) is 0 Å². The molecule has 0 aliphatic carbocycles. The maximum atomic E-state index is 12.0. The van der Waals surface area contributed by atoms with Crippen LogP contribution >= 0.6 is 0 Å². The van der Waals surface area contributed by atoms with Crippen LogP contribution in [0.15, 0.2) is 0 Å². The zero-order valence-electron chi connectivity index (χ0n) is 13.5. The van der Waals surface area contributed by atoms with Crippen molar-refractivity contribution in [2.24, 2.45) is 17.8 Å². The van der Waals surface area contributed by atoms with Crippen molar-refractivity contribution in [2.45, 2.75) is 47.0 Å². The van der Waals surface area contributed by atoms with Crippen molar-refractivity contribution in [2.75, 3.05) is 33.2 Å². The second-order valence-corrected chi connectivity index (χ2v) is 7.01. The van der Waals surface area contributed by atoms with Crippen molar-refractivity contribution in [3.05, 3.63) is 0 Å². The fourth-order valence-corrected chi connectivity index (χ4v) is 2.86. The van der Waals surface area contributed by atoms with E-state index in [1.165, 1.54) is 32.5 Å². The monoisotopic (exact) mass is 268 g/mol. The molecule has 1 amide bonds. The van der Waals surface area contributed by atoms with Gasteiger partial charge in [-0.2, -0.15) is 0 Å². The number of amides is 1. The highest BCUT2D eigenvalue weighted by atomic mass is 16.2. The van der Waals surface area contributed by atoms with Gasteiger partial charge in [-0.3, -0.25) is 4.79 Å². The Labute approximate surface area is 119 Å². The third-order valence-corrected chi connectivity index (χ3v) is 3.87. The van der Waals surface area contributed by atoms with E-state index >= 15 is 0 Å². The molecular formula is C16H32N2O. The number of nitrogens with zero attached hydrogens (tertiary/aromatic N) is 2. The Morgan fingerprint density at radius 3 is 2.21 bits per heavy atom. The summed E-state index contributed by atoms with van der Waals surface area (Å²) in [6.07, 6.45) is 3.17. The Balaban J connectivity index is 2.26. The number of carbonyl (C=O) groups excluding carboxylic acids is 1. The van der Waals surface area contributed by atoms with Gasteiger partial charge in [-0.25, -0.2) is 0 Å². The van der Waals surface area contributed by atoms with Gasteiger partial charge >= 0.3 is 0 Å². The van der Waals surface area contributed by atoms with Gasteiger partial charge in [0.1, 0.15) is 0 Å². The van der Waals surface area contributed by atoms with Gasteiger partial charge in [-0.05, 0) is 43.7 Å². The lowest BCUT2D eigenvalue weighted by Crippen LogP contribution is -2.40. The average molecular weight is 268 g/mol. The van der Waals surface area contributed by atoms with Crippen molar-refractivity contribution in [1.82, 2.24) is 9.80 Å². The molecule has 0 spiro atoms. The third-order valence-electron chi connectivity index (χ3n) is 3.87. The quantitative estimate of drug-likeness (QED) is 0.739. The fourth-order valence-electron chi connectivity index (χ4n) is 2.86. The fraction of sp³-hybridized carbons (Fsp3) is 0.938. The summed E-state index contributed by atoms with van der Waals surface area (Å²) < 4.78 is 0. The third kappa shape index (κ3) is 6.42. The Morgan fingerprint density at radius 1 is 1.16 bits per heavy atom. The molecule has 1 rings (SSSR count). The molecule has 0 aromatic heterocycles. The van der Waals surface area contributed by atoms with Crippen LogP contribution in [0.25, 0.3) is 0 Å².